The molecule has 2 atom stereocenters. The highest BCUT2D eigenvalue weighted by Crippen LogP contribution is 2.22. The van der Waals surface area contributed by atoms with E-state index in [0.717, 1.165) is 31.6 Å². The van der Waals surface area contributed by atoms with Crippen molar-refractivity contribution in [3.8, 4) is 0 Å². The molecule has 2 N–H and O–H groups in total. The second kappa shape index (κ2) is 6.61. The highest BCUT2D eigenvalue weighted by atomic mass is 16.1. The Hall–Kier alpha value is -1.35. The predicted molar refractivity (Wildman–Crippen MR) is 87.6 cm³/mol. The first-order chi connectivity index (χ1) is 9.88. The first kappa shape index (κ1) is 16.0. The molecular weight excluding hydrogens is 260 g/mol. The fourth-order valence-electron chi connectivity index (χ4n) is 2.82. The highest BCUT2D eigenvalue weighted by molar-refractivity contribution is 5.94. The number of amides is 1. The number of hydrogen-bond donors (Lipinski definition) is 2. The maximum Gasteiger partial charge on any atom is 0.251 e. The lowest BCUT2D eigenvalue weighted by atomic mass is 9.86. The van der Waals surface area contributed by atoms with Crippen molar-refractivity contribution in [1.82, 2.24) is 10.6 Å². The molecule has 0 aromatic heterocycles. The van der Waals surface area contributed by atoms with Gasteiger partial charge in [-0.3, -0.25) is 4.79 Å². The van der Waals surface area contributed by atoms with Crippen LogP contribution in [0.4, 0.5) is 0 Å². The van der Waals surface area contributed by atoms with Crippen LogP contribution < -0.4 is 10.6 Å². The third-order valence-electron chi connectivity index (χ3n) is 4.50. The molecule has 1 amide bonds. The van der Waals surface area contributed by atoms with Crippen LogP contribution in [0.5, 0.6) is 0 Å². The van der Waals surface area contributed by atoms with Crippen molar-refractivity contribution in [2.75, 3.05) is 19.6 Å². The van der Waals surface area contributed by atoms with E-state index in [1.807, 2.05) is 12.1 Å². The van der Waals surface area contributed by atoms with E-state index in [1.165, 1.54) is 5.56 Å². The summed E-state index contributed by atoms with van der Waals surface area (Å²) in [5.41, 5.74) is 2.13. The molecule has 0 radical (unpaired) electrons. The Morgan fingerprint density at radius 1 is 1.29 bits per heavy atom. The fourth-order valence-corrected chi connectivity index (χ4v) is 2.82. The maximum absolute atomic E-state index is 12.2. The van der Waals surface area contributed by atoms with Gasteiger partial charge in [-0.2, -0.15) is 0 Å². The average Bonchev–Trinajstić information content (AvgIpc) is 2.45. The van der Waals surface area contributed by atoms with Crippen molar-refractivity contribution in [3.63, 3.8) is 0 Å². The molecule has 1 heterocycles. The Morgan fingerprint density at radius 2 is 1.95 bits per heavy atom. The minimum absolute atomic E-state index is 0.0428. The number of hydrogen-bond acceptors (Lipinski definition) is 2. The number of piperidine rings is 1. The van der Waals surface area contributed by atoms with E-state index in [1.54, 1.807) is 0 Å². The maximum atomic E-state index is 12.2. The zero-order valence-electron chi connectivity index (χ0n) is 13.7. The van der Waals surface area contributed by atoms with Crippen LogP contribution in [0, 0.1) is 11.8 Å². The van der Waals surface area contributed by atoms with Crippen molar-refractivity contribution in [2.24, 2.45) is 11.8 Å². The van der Waals surface area contributed by atoms with Crippen LogP contribution in [0.2, 0.25) is 0 Å². The van der Waals surface area contributed by atoms with Crippen LogP contribution in [-0.2, 0) is 5.41 Å². The molecule has 1 fully saturated rings. The smallest absolute Gasteiger partial charge is 0.251 e. The second-order valence-corrected chi connectivity index (χ2v) is 7.27. The second-order valence-electron chi connectivity index (χ2n) is 7.27. The standard InChI is InChI=1S/C18H28N2O/c1-13-11-19-10-9-15(13)12-20-17(21)14-5-7-16(8-6-14)18(2,3)4/h5-8,13,15,19H,9-12H2,1-4H3,(H,20,21). The third-order valence-corrected chi connectivity index (χ3v) is 4.50. The molecule has 1 aromatic rings. The quantitative estimate of drug-likeness (QED) is 0.898. The Labute approximate surface area is 128 Å². The molecule has 0 aliphatic carbocycles. The molecule has 116 valence electrons. The molecule has 0 saturated carbocycles. The van der Waals surface area contributed by atoms with Gasteiger partial charge < -0.3 is 10.6 Å². The molecule has 1 aromatic carbocycles. The predicted octanol–water partition coefficient (Wildman–Crippen LogP) is 2.96. The van der Waals surface area contributed by atoms with Crippen molar-refractivity contribution in [2.45, 2.75) is 39.5 Å². The molecule has 21 heavy (non-hydrogen) atoms. The van der Waals surface area contributed by atoms with E-state index < -0.39 is 0 Å². The monoisotopic (exact) mass is 288 g/mol. The van der Waals surface area contributed by atoms with E-state index >= 15 is 0 Å². The summed E-state index contributed by atoms with van der Waals surface area (Å²) in [6.45, 7) is 11.7. The van der Waals surface area contributed by atoms with E-state index in [2.05, 4.69) is 50.5 Å². The van der Waals surface area contributed by atoms with Crippen LogP contribution in [0.25, 0.3) is 0 Å². The van der Waals surface area contributed by atoms with Gasteiger partial charge in [-0.1, -0.05) is 39.8 Å². The van der Waals surface area contributed by atoms with Gasteiger partial charge in [0.2, 0.25) is 0 Å². The van der Waals surface area contributed by atoms with Gasteiger partial charge in [0.15, 0.2) is 0 Å². The largest absolute Gasteiger partial charge is 0.352 e. The van der Waals surface area contributed by atoms with Gasteiger partial charge in [-0.15, -0.1) is 0 Å². The molecule has 0 spiro atoms. The zero-order valence-corrected chi connectivity index (χ0v) is 13.7. The average molecular weight is 288 g/mol. The van der Waals surface area contributed by atoms with Crippen molar-refractivity contribution in [1.29, 1.82) is 0 Å². The van der Waals surface area contributed by atoms with Crippen molar-refractivity contribution < 1.29 is 4.79 Å². The number of carbonyl (C=O) groups excluding carboxylic acids is 1. The number of benzene rings is 1. The first-order valence-electron chi connectivity index (χ1n) is 7.97. The third kappa shape index (κ3) is 4.31. The minimum atomic E-state index is 0.0428. The lowest BCUT2D eigenvalue weighted by Crippen LogP contribution is -2.41. The molecule has 3 heteroatoms. The SMILES string of the molecule is CC1CNCCC1CNC(=O)c1ccc(C(C)(C)C)cc1. The lowest BCUT2D eigenvalue weighted by molar-refractivity contribution is 0.0938. The Bertz CT molecular complexity index is 473. The van der Waals surface area contributed by atoms with Gasteiger partial charge >= 0.3 is 0 Å². The van der Waals surface area contributed by atoms with Crippen LogP contribution in [0.3, 0.4) is 0 Å². The topological polar surface area (TPSA) is 41.1 Å². The van der Waals surface area contributed by atoms with Crippen LogP contribution in [0.1, 0.15) is 50.0 Å². The minimum Gasteiger partial charge on any atom is -0.352 e. The Kier molecular flexibility index (Phi) is 5.04. The van der Waals surface area contributed by atoms with E-state index in [4.69, 9.17) is 0 Å². The highest BCUT2D eigenvalue weighted by Gasteiger charge is 2.21. The normalized spacial score (nSPS) is 22.9. The molecule has 1 aliphatic heterocycles. The lowest BCUT2D eigenvalue weighted by Gasteiger charge is -2.29. The summed E-state index contributed by atoms with van der Waals surface area (Å²) < 4.78 is 0. The number of rotatable bonds is 3. The van der Waals surface area contributed by atoms with Gasteiger partial charge in [-0.25, -0.2) is 0 Å². The van der Waals surface area contributed by atoms with Crippen LogP contribution in [0.15, 0.2) is 24.3 Å². The molecule has 0 bridgehead atoms. The number of nitrogens with one attached hydrogen (secondary N) is 2. The first-order valence-corrected chi connectivity index (χ1v) is 7.97. The Balaban J connectivity index is 1.91. The molecule has 2 unspecified atom stereocenters. The Morgan fingerprint density at radius 3 is 2.52 bits per heavy atom. The molecule has 1 aliphatic rings. The van der Waals surface area contributed by atoms with Crippen LogP contribution >= 0.6 is 0 Å². The van der Waals surface area contributed by atoms with Gasteiger partial charge in [0.05, 0.1) is 0 Å². The van der Waals surface area contributed by atoms with Gasteiger partial charge in [0, 0.05) is 12.1 Å². The molecule has 1 saturated heterocycles. The van der Waals surface area contributed by atoms with Crippen molar-refractivity contribution in [3.05, 3.63) is 35.4 Å². The molecular formula is C18H28N2O. The molecule has 2 rings (SSSR count). The van der Waals surface area contributed by atoms with Crippen LogP contribution in [-0.4, -0.2) is 25.5 Å². The molecule has 3 nitrogen and oxygen atoms in total. The summed E-state index contributed by atoms with van der Waals surface area (Å²) in [5.74, 6) is 1.26. The summed E-state index contributed by atoms with van der Waals surface area (Å²) in [6.07, 6.45) is 1.14. The van der Waals surface area contributed by atoms with Gasteiger partial charge in [0.1, 0.15) is 0 Å². The summed E-state index contributed by atoms with van der Waals surface area (Å²) >= 11 is 0. The summed E-state index contributed by atoms with van der Waals surface area (Å²) in [4.78, 5) is 12.2. The fraction of sp³-hybridized carbons (Fsp3) is 0.611. The summed E-state index contributed by atoms with van der Waals surface area (Å²) in [6, 6.07) is 7.98. The van der Waals surface area contributed by atoms with Crippen molar-refractivity contribution >= 4 is 5.91 Å². The van der Waals surface area contributed by atoms with E-state index in [9.17, 15) is 4.79 Å². The van der Waals surface area contributed by atoms with Gasteiger partial charge in [0.25, 0.3) is 5.91 Å². The van der Waals surface area contributed by atoms with E-state index in [0.29, 0.717) is 11.8 Å². The van der Waals surface area contributed by atoms with E-state index in [-0.39, 0.29) is 11.3 Å². The zero-order chi connectivity index (χ0) is 15.5. The summed E-state index contributed by atoms with van der Waals surface area (Å²) in [5, 5.41) is 6.48. The van der Waals surface area contributed by atoms with Gasteiger partial charge in [-0.05, 0) is 54.5 Å². The number of carbonyl (C=O) groups is 1. The summed E-state index contributed by atoms with van der Waals surface area (Å²) in [7, 11) is 0.